The van der Waals surface area contributed by atoms with Crippen LogP contribution in [0.15, 0.2) is 34.1 Å². The molecule has 0 aliphatic heterocycles. The van der Waals surface area contributed by atoms with Crippen molar-refractivity contribution in [1.29, 1.82) is 0 Å². The Bertz CT molecular complexity index is 561. The average Bonchev–Trinajstić information content (AvgIpc) is 2.83. The second-order valence-corrected chi connectivity index (χ2v) is 6.57. The van der Waals surface area contributed by atoms with Crippen LogP contribution in [0.2, 0.25) is 0 Å². The van der Waals surface area contributed by atoms with Gasteiger partial charge in [-0.05, 0) is 69.8 Å². The first-order valence-electron chi connectivity index (χ1n) is 6.28. The van der Waals surface area contributed by atoms with Crippen molar-refractivity contribution >= 4 is 27.3 Å². The summed E-state index contributed by atoms with van der Waals surface area (Å²) in [5, 5.41) is 12.4. The number of thiophene rings is 1. The van der Waals surface area contributed by atoms with Gasteiger partial charge in [-0.2, -0.15) is 0 Å². The molecule has 1 aliphatic carbocycles. The lowest BCUT2D eigenvalue weighted by Gasteiger charge is -2.18. The number of aryl methyl sites for hydroxylation is 2. The predicted molar refractivity (Wildman–Crippen MR) is 79.2 cm³/mol. The van der Waals surface area contributed by atoms with E-state index in [0.717, 1.165) is 21.3 Å². The van der Waals surface area contributed by atoms with Gasteiger partial charge in [0.15, 0.2) is 0 Å². The van der Waals surface area contributed by atoms with E-state index in [1.807, 2.05) is 11.4 Å². The fraction of sp³-hybridized carbons (Fsp3) is 0.333. The van der Waals surface area contributed by atoms with Crippen LogP contribution in [0.4, 0.5) is 0 Å². The van der Waals surface area contributed by atoms with E-state index < -0.39 is 6.10 Å². The molecule has 0 saturated carbocycles. The third-order valence-corrected chi connectivity index (χ3v) is 5.50. The monoisotopic (exact) mass is 322 g/mol. The van der Waals surface area contributed by atoms with Crippen LogP contribution in [0.25, 0.3) is 0 Å². The fourth-order valence-corrected chi connectivity index (χ4v) is 4.18. The molecule has 1 heterocycles. The molecule has 0 amide bonds. The molecule has 94 valence electrons. The van der Waals surface area contributed by atoms with Crippen molar-refractivity contribution < 1.29 is 5.11 Å². The molecule has 2 aromatic rings. The van der Waals surface area contributed by atoms with Crippen LogP contribution in [-0.4, -0.2) is 5.11 Å². The third kappa shape index (κ3) is 2.27. The van der Waals surface area contributed by atoms with Gasteiger partial charge < -0.3 is 5.11 Å². The first kappa shape index (κ1) is 12.4. The lowest BCUT2D eigenvalue weighted by atomic mass is 9.89. The van der Waals surface area contributed by atoms with Gasteiger partial charge in [0.05, 0.1) is 4.88 Å². The van der Waals surface area contributed by atoms with Crippen LogP contribution in [0.3, 0.4) is 0 Å². The molecule has 1 unspecified atom stereocenters. The molecule has 3 heteroatoms. The van der Waals surface area contributed by atoms with E-state index >= 15 is 0 Å². The minimum absolute atomic E-state index is 0.508. The molecule has 1 N–H and O–H groups in total. The molecule has 0 saturated heterocycles. The molecule has 0 spiro atoms. The molecule has 1 aromatic carbocycles. The molecule has 3 rings (SSSR count). The molecular formula is C15H15BrOS. The molecular weight excluding hydrogens is 308 g/mol. The summed E-state index contributed by atoms with van der Waals surface area (Å²) in [6.07, 6.45) is 4.41. The van der Waals surface area contributed by atoms with Crippen molar-refractivity contribution in [3.05, 3.63) is 55.7 Å². The van der Waals surface area contributed by atoms with Crippen LogP contribution in [0, 0.1) is 0 Å². The Morgan fingerprint density at radius 1 is 1.11 bits per heavy atom. The largest absolute Gasteiger partial charge is 0.383 e. The zero-order chi connectivity index (χ0) is 12.5. The summed E-state index contributed by atoms with van der Waals surface area (Å²) in [5.41, 5.74) is 3.90. The van der Waals surface area contributed by atoms with Crippen LogP contribution in [-0.2, 0) is 12.8 Å². The lowest BCUT2D eigenvalue weighted by Crippen LogP contribution is -2.05. The van der Waals surface area contributed by atoms with Gasteiger partial charge in [0, 0.05) is 4.47 Å². The zero-order valence-electron chi connectivity index (χ0n) is 10.0. The smallest absolute Gasteiger partial charge is 0.114 e. The number of rotatable bonds is 2. The van der Waals surface area contributed by atoms with Gasteiger partial charge in [-0.3, -0.25) is 0 Å². The SMILES string of the molecule is OC(c1ccc2c(c1)CCCC2)c1sccc1Br. The predicted octanol–water partition coefficient (Wildman–Crippen LogP) is 4.47. The van der Waals surface area contributed by atoms with E-state index in [1.165, 1.54) is 30.4 Å². The maximum absolute atomic E-state index is 10.4. The zero-order valence-corrected chi connectivity index (χ0v) is 12.4. The Kier molecular flexibility index (Phi) is 3.55. The van der Waals surface area contributed by atoms with Crippen molar-refractivity contribution in [2.24, 2.45) is 0 Å². The lowest BCUT2D eigenvalue weighted by molar-refractivity contribution is 0.223. The van der Waals surface area contributed by atoms with Gasteiger partial charge in [0.25, 0.3) is 0 Å². The molecule has 0 bridgehead atoms. The van der Waals surface area contributed by atoms with Crippen LogP contribution >= 0.6 is 27.3 Å². The number of fused-ring (bicyclic) bond motifs is 1. The molecule has 1 aliphatic rings. The highest BCUT2D eigenvalue weighted by atomic mass is 79.9. The maximum atomic E-state index is 10.4. The first-order chi connectivity index (χ1) is 8.75. The van der Waals surface area contributed by atoms with Gasteiger partial charge in [-0.25, -0.2) is 0 Å². The van der Waals surface area contributed by atoms with Crippen molar-refractivity contribution in [3.63, 3.8) is 0 Å². The standard InChI is InChI=1S/C15H15BrOS/c16-13-7-8-18-15(13)14(17)12-6-5-10-3-1-2-4-11(10)9-12/h5-9,14,17H,1-4H2. The van der Waals surface area contributed by atoms with Crippen LogP contribution in [0.5, 0.6) is 0 Å². The Hall–Kier alpha value is -0.640. The number of hydrogen-bond acceptors (Lipinski definition) is 2. The Morgan fingerprint density at radius 2 is 1.89 bits per heavy atom. The van der Waals surface area contributed by atoms with Gasteiger partial charge in [0.1, 0.15) is 6.10 Å². The molecule has 1 nitrogen and oxygen atoms in total. The molecule has 1 aromatic heterocycles. The second-order valence-electron chi connectivity index (χ2n) is 4.77. The van der Waals surface area contributed by atoms with Gasteiger partial charge in [0.2, 0.25) is 0 Å². The summed E-state index contributed by atoms with van der Waals surface area (Å²) in [7, 11) is 0. The number of hydrogen-bond donors (Lipinski definition) is 1. The molecule has 18 heavy (non-hydrogen) atoms. The third-order valence-electron chi connectivity index (χ3n) is 3.58. The van der Waals surface area contributed by atoms with Gasteiger partial charge in [-0.1, -0.05) is 18.2 Å². The van der Waals surface area contributed by atoms with E-state index in [4.69, 9.17) is 0 Å². The number of benzene rings is 1. The summed E-state index contributed by atoms with van der Waals surface area (Å²) in [6.45, 7) is 0. The van der Waals surface area contributed by atoms with Gasteiger partial charge >= 0.3 is 0 Å². The summed E-state index contributed by atoms with van der Waals surface area (Å²) >= 11 is 5.08. The molecule has 0 radical (unpaired) electrons. The first-order valence-corrected chi connectivity index (χ1v) is 7.95. The minimum Gasteiger partial charge on any atom is -0.383 e. The quantitative estimate of drug-likeness (QED) is 0.864. The van der Waals surface area contributed by atoms with Crippen LogP contribution in [0.1, 0.15) is 40.5 Å². The number of aliphatic hydroxyl groups excluding tert-OH is 1. The van der Waals surface area contributed by atoms with Crippen molar-refractivity contribution in [2.75, 3.05) is 0 Å². The highest BCUT2D eigenvalue weighted by molar-refractivity contribution is 9.10. The average molecular weight is 323 g/mol. The summed E-state index contributed by atoms with van der Waals surface area (Å²) in [5.74, 6) is 0. The number of aliphatic hydroxyl groups is 1. The maximum Gasteiger partial charge on any atom is 0.114 e. The summed E-state index contributed by atoms with van der Waals surface area (Å²) < 4.78 is 0.998. The molecule has 0 fully saturated rings. The van der Waals surface area contributed by atoms with Crippen LogP contribution < -0.4 is 0 Å². The Labute approximate surface area is 120 Å². The topological polar surface area (TPSA) is 20.2 Å². The van der Waals surface area contributed by atoms with Crippen molar-refractivity contribution in [1.82, 2.24) is 0 Å². The Balaban J connectivity index is 1.95. The fourth-order valence-electron chi connectivity index (χ4n) is 2.58. The summed E-state index contributed by atoms with van der Waals surface area (Å²) in [4.78, 5) is 0.991. The van der Waals surface area contributed by atoms with E-state index in [-0.39, 0.29) is 0 Å². The van der Waals surface area contributed by atoms with Crippen molar-refractivity contribution in [2.45, 2.75) is 31.8 Å². The summed E-state index contributed by atoms with van der Waals surface area (Å²) in [6, 6.07) is 8.43. The van der Waals surface area contributed by atoms with Crippen molar-refractivity contribution in [3.8, 4) is 0 Å². The van der Waals surface area contributed by atoms with E-state index in [1.54, 1.807) is 11.3 Å². The highest BCUT2D eigenvalue weighted by Gasteiger charge is 2.17. The number of halogens is 1. The van der Waals surface area contributed by atoms with E-state index in [2.05, 4.69) is 34.1 Å². The van der Waals surface area contributed by atoms with Gasteiger partial charge in [-0.15, -0.1) is 11.3 Å². The van der Waals surface area contributed by atoms with E-state index in [9.17, 15) is 5.11 Å². The molecule has 1 atom stereocenters. The highest BCUT2D eigenvalue weighted by Crippen LogP contribution is 2.34. The van der Waals surface area contributed by atoms with E-state index in [0.29, 0.717) is 0 Å². The normalized spacial score (nSPS) is 16.3. The second kappa shape index (κ2) is 5.16. The Morgan fingerprint density at radius 3 is 2.61 bits per heavy atom. The minimum atomic E-state index is -0.508.